The van der Waals surface area contributed by atoms with E-state index < -0.39 is 10.0 Å². The number of rotatable bonds is 6. The van der Waals surface area contributed by atoms with E-state index >= 15 is 0 Å². The third-order valence-corrected chi connectivity index (χ3v) is 5.53. The Bertz CT molecular complexity index is 845. The molecule has 0 aliphatic rings. The van der Waals surface area contributed by atoms with E-state index in [4.69, 9.17) is 0 Å². The van der Waals surface area contributed by atoms with Crippen molar-refractivity contribution in [3.8, 4) is 0 Å². The Morgan fingerprint density at radius 3 is 2.28 bits per heavy atom. The summed E-state index contributed by atoms with van der Waals surface area (Å²) in [5.41, 5.74) is 2.55. The molecule has 0 aliphatic heterocycles. The van der Waals surface area contributed by atoms with E-state index in [1.54, 1.807) is 24.3 Å². The van der Waals surface area contributed by atoms with E-state index in [9.17, 15) is 13.2 Å². The van der Waals surface area contributed by atoms with E-state index in [0.717, 1.165) is 17.0 Å². The minimum atomic E-state index is -3.45. The summed E-state index contributed by atoms with van der Waals surface area (Å²) in [5.74, 6) is 0.122. The van der Waals surface area contributed by atoms with Crippen LogP contribution in [0.5, 0.6) is 0 Å². The molecule has 2 aromatic rings. The van der Waals surface area contributed by atoms with Crippen molar-refractivity contribution in [2.45, 2.75) is 26.2 Å². The molecule has 134 valence electrons. The van der Waals surface area contributed by atoms with E-state index in [1.807, 2.05) is 24.3 Å². The molecule has 2 aromatic carbocycles. The first-order valence-electron chi connectivity index (χ1n) is 8.18. The SMILES string of the molecule is CCC(C)c1ccc(NC(=O)c2ccccc2N(C)S(C)(=O)=O)cc1. The summed E-state index contributed by atoms with van der Waals surface area (Å²) in [4.78, 5) is 12.6. The Balaban J connectivity index is 2.25. The number of amides is 1. The first-order valence-corrected chi connectivity index (χ1v) is 10.0. The van der Waals surface area contributed by atoms with Crippen LogP contribution >= 0.6 is 0 Å². The third-order valence-electron chi connectivity index (χ3n) is 4.34. The number of carbonyl (C=O) groups excluding carboxylic acids is 1. The number of carbonyl (C=O) groups is 1. The highest BCUT2D eigenvalue weighted by Crippen LogP contribution is 2.24. The van der Waals surface area contributed by atoms with Crippen molar-refractivity contribution in [2.24, 2.45) is 0 Å². The zero-order chi connectivity index (χ0) is 18.6. The number of para-hydroxylation sites is 1. The zero-order valence-electron chi connectivity index (χ0n) is 15.0. The van der Waals surface area contributed by atoms with Crippen molar-refractivity contribution in [2.75, 3.05) is 22.9 Å². The maximum Gasteiger partial charge on any atom is 0.257 e. The van der Waals surface area contributed by atoms with Crippen LogP contribution in [-0.4, -0.2) is 27.6 Å². The maximum atomic E-state index is 12.6. The monoisotopic (exact) mass is 360 g/mol. The normalized spacial score (nSPS) is 12.5. The molecule has 25 heavy (non-hydrogen) atoms. The molecule has 6 heteroatoms. The van der Waals surface area contributed by atoms with Crippen LogP contribution < -0.4 is 9.62 Å². The second-order valence-corrected chi connectivity index (χ2v) is 8.15. The molecule has 0 saturated heterocycles. The highest BCUT2D eigenvalue weighted by molar-refractivity contribution is 7.92. The standard InChI is InChI=1S/C19H24N2O3S/c1-5-14(2)15-10-12-16(13-11-15)20-19(22)17-8-6-7-9-18(17)21(3)25(4,23)24/h6-14H,5H2,1-4H3,(H,20,22). The largest absolute Gasteiger partial charge is 0.322 e. The summed E-state index contributed by atoms with van der Waals surface area (Å²) >= 11 is 0. The predicted molar refractivity (Wildman–Crippen MR) is 103 cm³/mol. The molecular formula is C19H24N2O3S. The Morgan fingerprint density at radius 2 is 1.72 bits per heavy atom. The van der Waals surface area contributed by atoms with Crippen molar-refractivity contribution in [1.29, 1.82) is 0 Å². The molecule has 0 bridgehead atoms. The molecule has 0 heterocycles. The molecule has 0 fully saturated rings. The number of nitrogens with zero attached hydrogens (tertiary/aromatic N) is 1. The number of hydrogen-bond acceptors (Lipinski definition) is 3. The lowest BCUT2D eigenvalue weighted by atomic mass is 9.98. The molecular weight excluding hydrogens is 336 g/mol. The van der Waals surface area contributed by atoms with Gasteiger partial charge in [0.2, 0.25) is 10.0 Å². The van der Waals surface area contributed by atoms with E-state index in [2.05, 4.69) is 19.2 Å². The third kappa shape index (κ3) is 4.60. The van der Waals surface area contributed by atoms with Crippen molar-refractivity contribution >= 4 is 27.3 Å². The molecule has 0 radical (unpaired) electrons. The van der Waals surface area contributed by atoms with Crippen LogP contribution in [-0.2, 0) is 10.0 Å². The Morgan fingerprint density at radius 1 is 1.12 bits per heavy atom. The maximum absolute atomic E-state index is 12.6. The zero-order valence-corrected chi connectivity index (χ0v) is 15.8. The van der Waals surface area contributed by atoms with Gasteiger partial charge in [-0.15, -0.1) is 0 Å². The molecule has 2 rings (SSSR count). The van der Waals surface area contributed by atoms with Gasteiger partial charge in [0.1, 0.15) is 0 Å². The molecule has 0 spiro atoms. The number of anilines is 2. The van der Waals surface area contributed by atoms with Crippen molar-refractivity contribution in [3.63, 3.8) is 0 Å². The quantitative estimate of drug-likeness (QED) is 0.851. The lowest BCUT2D eigenvalue weighted by molar-refractivity contribution is 0.102. The average molecular weight is 360 g/mol. The van der Waals surface area contributed by atoms with Crippen LogP contribution in [0.4, 0.5) is 11.4 Å². The number of nitrogens with one attached hydrogen (secondary N) is 1. The first kappa shape index (κ1) is 19.0. The van der Waals surface area contributed by atoms with E-state index in [0.29, 0.717) is 22.9 Å². The van der Waals surface area contributed by atoms with Crippen LogP contribution in [0.3, 0.4) is 0 Å². The summed E-state index contributed by atoms with van der Waals surface area (Å²) in [6.07, 6.45) is 2.16. The smallest absolute Gasteiger partial charge is 0.257 e. The lowest BCUT2D eigenvalue weighted by Crippen LogP contribution is -2.27. The van der Waals surface area contributed by atoms with Gasteiger partial charge in [0.15, 0.2) is 0 Å². The van der Waals surface area contributed by atoms with Gasteiger partial charge >= 0.3 is 0 Å². The average Bonchev–Trinajstić information content (AvgIpc) is 2.60. The van der Waals surface area contributed by atoms with Gasteiger partial charge in [-0.3, -0.25) is 9.10 Å². The summed E-state index contributed by atoms with van der Waals surface area (Å²) in [6.45, 7) is 4.29. The Kier molecular flexibility index (Phi) is 5.85. The lowest BCUT2D eigenvalue weighted by Gasteiger charge is -2.20. The van der Waals surface area contributed by atoms with Gasteiger partial charge in [0, 0.05) is 12.7 Å². The van der Waals surface area contributed by atoms with Gasteiger partial charge in [-0.1, -0.05) is 38.1 Å². The fourth-order valence-corrected chi connectivity index (χ4v) is 2.96. The molecule has 1 unspecified atom stereocenters. The Hall–Kier alpha value is -2.34. The second kappa shape index (κ2) is 7.70. The first-order chi connectivity index (χ1) is 11.7. The van der Waals surface area contributed by atoms with Crippen LogP contribution in [0.15, 0.2) is 48.5 Å². The fraction of sp³-hybridized carbons (Fsp3) is 0.316. The van der Waals surface area contributed by atoms with Gasteiger partial charge in [0.25, 0.3) is 5.91 Å². The Labute approximate surface area is 149 Å². The molecule has 1 amide bonds. The van der Waals surface area contributed by atoms with Crippen LogP contribution in [0, 0.1) is 0 Å². The number of hydrogen-bond donors (Lipinski definition) is 1. The van der Waals surface area contributed by atoms with Crippen molar-refractivity contribution < 1.29 is 13.2 Å². The summed E-state index contributed by atoms with van der Waals surface area (Å²) in [7, 11) is -2.02. The van der Waals surface area contributed by atoms with Gasteiger partial charge in [-0.2, -0.15) is 0 Å². The van der Waals surface area contributed by atoms with Crippen molar-refractivity contribution in [3.05, 3.63) is 59.7 Å². The van der Waals surface area contributed by atoms with Gasteiger partial charge in [-0.05, 0) is 42.2 Å². The molecule has 0 saturated carbocycles. The molecule has 1 N–H and O–H groups in total. The van der Waals surface area contributed by atoms with E-state index in [1.165, 1.54) is 12.6 Å². The summed E-state index contributed by atoms with van der Waals surface area (Å²) < 4.78 is 24.7. The fourth-order valence-electron chi connectivity index (χ4n) is 2.45. The number of sulfonamides is 1. The van der Waals surface area contributed by atoms with Crippen molar-refractivity contribution in [1.82, 2.24) is 0 Å². The predicted octanol–water partition coefficient (Wildman–Crippen LogP) is 3.85. The van der Waals surface area contributed by atoms with Gasteiger partial charge < -0.3 is 5.32 Å². The summed E-state index contributed by atoms with van der Waals surface area (Å²) in [6, 6.07) is 14.4. The highest BCUT2D eigenvalue weighted by Gasteiger charge is 2.19. The minimum Gasteiger partial charge on any atom is -0.322 e. The molecule has 0 aliphatic carbocycles. The van der Waals surface area contributed by atoms with Crippen LogP contribution in [0.1, 0.15) is 42.1 Å². The van der Waals surface area contributed by atoms with Gasteiger partial charge in [0.05, 0.1) is 17.5 Å². The summed E-state index contributed by atoms with van der Waals surface area (Å²) in [5, 5.41) is 2.83. The highest BCUT2D eigenvalue weighted by atomic mass is 32.2. The van der Waals surface area contributed by atoms with Gasteiger partial charge in [-0.25, -0.2) is 8.42 Å². The molecule has 0 aromatic heterocycles. The minimum absolute atomic E-state index is 0.307. The van der Waals surface area contributed by atoms with Crippen LogP contribution in [0.25, 0.3) is 0 Å². The molecule has 1 atom stereocenters. The second-order valence-electron chi connectivity index (χ2n) is 6.13. The molecule has 5 nitrogen and oxygen atoms in total. The topological polar surface area (TPSA) is 66.5 Å². The number of benzene rings is 2. The van der Waals surface area contributed by atoms with E-state index in [-0.39, 0.29) is 5.91 Å². The van der Waals surface area contributed by atoms with Crippen LogP contribution in [0.2, 0.25) is 0 Å².